The molecule has 3 heterocycles. The molecule has 0 saturated carbocycles. The molecule has 5 rings (SSSR count). The van der Waals surface area contributed by atoms with Gasteiger partial charge in [0.15, 0.2) is 11.5 Å². The molecule has 0 radical (unpaired) electrons. The number of benzene rings is 2. The topological polar surface area (TPSA) is 50.8 Å². The molecule has 1 N–H and O–H groups in total. The monoisotopic (exact) mass is 392 g/mol. The Bertz CT molecular complexity index is 1000. The number of para-hydroxylation sites is 1. The van der Waals surface area contributed by atoms with Crippen molar-refractivity contribution < 1.29 is 14.3 Å². The quantitative estimate of drug-likeness (QED) is 0.713. The first kappa shape index (κ1) is 17.1. The Labute approximate surface area is 167 Å². The number of rotatable bonds is 5. The van der Waals surface area contributed by atoms with Gasteiger partial charge in [0.2, 0.25) is 6.79 Å². The molecule has 1 unspecified atom stereocenters. The van der Waals surface area contributed by atoms with E-state index in [0.29, 0.717) is 23.6 Å². The molecule has 2 aliphatic rings. The van der Waals surface area contributed by atoms with E-state index in [4.69, 9.17) is 9.47 Å². The standard InChI is InChI=1S/C22H20N2O3S/c25-22(16-7-8-19-20(12-16)27-14-26-19)23-13-18(21-6-3-11-28-21)24-10-9-15-4-1-2-5-17(15)24/h1-8,11-12,18H,9-10,13-14H2,(H,23,25). The summed E-state index contributed by atoms with van der Waals surface area (Å²) in [5, 5.41) is 5.20. The van der Waals surface area contributed by atoms with Crippen LogP contribution in [-0.2, 0) is 6.42 Å². The van der Waals surface area contributed by atoms with Crippen LogP contribution in [0.15, 0.2) is 60.0 Å². The van der Waals surface area contributed by atoms with Gasteiger partial charge in [-0.2, -0.15) is 0 Å². The summed E-state index contributed by atoms with van der Waals surface area (Å²) >= 11 is 1.73. The summed E-state index contributed by atoms with van der Waals surface area (Å²) in [6, 6.07) is 18.1. The first-order valence-electron chi connectivity index (χ1n) is 9.35. The zero-order valence-corrected chi connectivity index (χ0v) is 16.1. The van der Waals surface area contributed by atoms with Crippen LogP contribution in [0.4, 0.5) is 5.69 Å². The number of hydrogen-bond donors (Lipinski definition) is 1. The van der Waals surface area contributed by atoms with E-state index in [1.165, 1.54) is 16.1 Å². The van der Waals surface area contributed by atoms with E-state index in [0.717, 1.165) is 13.0 Å². The minimum absolute atomic E-state index is 0.104. The van der Waals surface area contributed by atoms with E-state index >= 15 is 0 Å². The van der Waals surface area contributed by atoms with Crippen LogP contribution in [0, 0.1) is 0 Å². The molecule has 3 aromatic rings. The summed E-state index contributed by atoms with van der Waals surface area (Å²) in [7, 11) is 0. The highest BCUT2D eigenvalue weighted by Crippen LogP contribution is 2.36. The van der Waals surface area contributed by atoms with Gasteiger partial charge in [0.05, 0.1) is 6.04 Å². The molecule has 0 bridgehead atoms. The molecule has 5 nitrogen and oxygen atoms in total. The van der Waals surface area contributed by atoms with E-state index in [-0.39, 0.29) is 18.7 Å². The number of fused-ring (bicyclic) bond motifs is 2. The molecule has 0 aliphatic carbocycles. The molecule has 142 valence electrons. The number of thiophene rings is 1. The van der Waals surface area contributed by atoms with Crippen LogP contribution in [0.25, 0.3) is 0 Å². The van der Waals surface area contributed by atoms with Crippen molar-refractivity contribution in [2.45, 2.75) is 12.5 Å². The predicted octanol–water partition coefficient (Wildman–Crippen LogP) is 4.01. The number of hydrogen-bond acceptors (Lipinski definition) is 5. The van der Waals surface area contributed by atoms with E-state index in [9.17, 15) is 4.79 Å². The maximum absolute atomic E-state index is 12.8. The van der Waals surface area contributed by atoms with E-state index in [2.05, 4.69) is 52.0 Å². The molecule has 0 fully saturated rings. The highest BCUT2D eigenvalue weighted by Gasteiger charge is 2.28. The van der Waals surface area contributed by atoms with Crippen molar-refractivity contribution in [3.63, 3.8) is 0 Å². The number of amides is 1. The predicted molar refractivity (Wildman–Crippen MR) is 109 cm³/mol. The minimum atomic E-state index is -0.104. The first-order chi connectivity index (χ1) is 13.8. The van der Waals surface area contributed by atoms with Gasteiger partial charge >= 0.3 is 0 Å². The third kappa shape index (κ3) is 3.10. The van der Waals surface area contributed by atoms with Crippen molar-refractivity contribution >= 4 is 22.9 Å². The molecule has 6 heteroatoms. The second-order valence-corrected chi connectivity index (χ2v) is 7.86. The molecule has 0 saturated heterocycles. The van der Waals surface area contributed by atoms with Crippen LogP contribution in [-0.4, -0.2) is 25.8 Å². The van der Waals surface area contributed by atoms with E-state index in [1.807, 2.05) is 0 Å². The van der Waals surface area contributed by atoms with Gasteiger partial charge in [-0.15, -0.1) is 11.3 Å². The fourth-order valence-electron chi connectivity index (χ4n) is 3.86. The number of carbonyl (C=O) groups excluding carboxylic acids is 1. The Morgan fingerprint density at radius 1 is 1.11 bits per heavy atom. The average Bonchev–Trinajstić information content (AvgIpc) is 3.48. The Morgan fingerprint density at radius 2 is 2.00 bits per heavy atom. The average molecular weight is 392 g/mol. The van der Waals surface area contributed by atoms with Gasteiger partial charge in [-0.05, 0) is 47.7 Å². The van der Waals surface area contributed by atoms with Gasteiger partial charge in [0.1, 0.15) is 0 Å². The molecule has 1 atom stereocenters. The molecular formula is C22H20N2O3S. The van der Waals surface area contributed by atoms with Gasteiger partial charge in [0, 0.05) is 29.2 Å². The molecule has 28 heavy (non-hydrogen) atoms. The smallest absolute Gasteiger partial charge is 0.251 e. The normalized spacial score (nSPS) is 15.4. The minimum Gasteiger partial charge on any atom is -0.454 e. The largest absolute Gasteiger partial charge is 0.454 e. The lowest BCUT2D eigenvalue weighted by molar-refractivity contribution is 0.0950. The van der Waals surface area contributed by atoms with Crippen LogP contribution in [0.3, 0.4) is 0 Å². The summed E-state index contributed by atoms with van der Waals surface area (Å²) in [6.07, 6.45) is 1.04. The fraction of sp³-hybridized carbons (Fsp3) is 0.227. The van der Waals surface area contributed by atoms with Crippen LogP contribution in [0.5, 0.6) is 11.5 Å². The number of anilines is 1. The van der Waals surface area contributed by atoms with Gasteiger partial charge in [-0.25, -0.2) is 0 Å². The number of nitrogens with zero attached hydrogens (tertiary/aromatic N) is 1. The highest BCUT2D eigenvalue weighted by molar-refractivity contribution is 7.10. The van der Waals surface area contributed by atoms with Crippen molar-refractivity contribution in [1.82, 2.24) is 5.32 Å². The van der Waals surface area contributed by atoms with Crippen LogP contribution >= 0.6 is 11.3 Å². The zero-order chi connectivity index (χ0) is 18.9. The van der Waals surface area contributed by atoms with Crippen molar-refractivity contribution in [3.8, 4) is 11.5 Å². The van der Waals surface area contributed by atoms with Gasteiger partial charge < -0.3 is 19.7 Å². The van der Waals surface area contributed by atoms with Gasteiger partial charge in [-0.1, -0.05) is 24.3 Å². The van der Waals surface area contributed by atoms with Crippen LogP contribution < -0.4 is 19.7 Å². The molecule has 1 amide bonds. The summed E-state index contributed by atoms with van der Waals surface area (Å²) in [4.78, 5) is 16.4. The van der Waals surface area contributed by atoms with Crippen molar-refractivity contribution in [1.29, 1.82) is 0 Å². The molecule has 0 spiro atoms. The van der Waals surface area contributed by atoms with E-state index < -0.39 is 0 Å². The van der Waals surface area contributed by atoms with Crippen LogP contribution in [0.1, 0.15) is 26.8 Å². The Kier molecular flexibility index (Phi) is 4.41. The Hall–Kier alpha value is -2.99. The zero-order valence-electron chi connectivity index (χ0n) is 15.3. The summed E-state index contributed by atoms with van der Waals surface area (Å²) in [5.74, 6) is 1.20. The molecule has 2 aromatic carbocycles. The van der Waals surface area contributed by atoms with E-state index in [1.54, 1.807) is 29.5 Å². The molecule has 1 aromatic heterocycles. The third-order valence-corrected chi connectivity index (χ3v) is 6.24. The van der Waals surface area contributed by atoms with Gasteiger partial charge in [0.25, 0.3) is 5.91 Å². The summed E-state index contributed by atoms with van der Waals surface area (Å²) in [6.45, 7) is 1.71. The number of nitrogens with one attached hydrogen (secondary N) is 1. The fourth-order valence-corrected chi connectivity index (χ4v) is 4.70. The molecule has 2 aliphatic heterocycles. The van der Waals surface area contributed by atoms with Crippen molar-refractivity contribution in [2.75, 3.05) is 24.8 Å². The molecular weight excluding hydrogens is 372 g/mol. The summed E-state index contributed by atoms with van der Waals surface area (Å²) in [5.41, 5.74) is 3.21. The second kappa shape index (κ2) is 7.20. The Morgan fingerprint density at radius 3 is 2.89 bits per heavy atom. The second-order valence-electron chi connectivity index (χ2n) is 6.88. The van der Waals surface area contributed by atoms with Crippen molar-refractivity contribution in [2.24, 2.45) is 0 Å². The highest BCUT2D eigenvalue weighted by atomic mass is 32.1. The first-order valence-corrected chi connectivity index (χ1v) is 10.2. The van der Waals surface area contributed by atoms with Crippen molar-refractivity contribution in [3.05, 3.63) is 76.0 Å². The Balaban J connectivity index is 1.36. The summed E-state index contributed by atoms with van der Waals surface area (Å²) < 4.78 is 10.7. The maximum Gasteiger partial charge on any atom is 0.251 e. The van der Waals surface area contributed by atoms with Gasteiger partial charge in [-0.3, -0.25) is 4.79 Å². The third-order valence-electron chi connectivity index (χ3n) is 5.26. The number of ether oxygens (including phenoxy) is 2. The lowest BCUT2D eigenvalue weighted by Crippen LogP contribution is -2.37. The number of carbonyl (C=O) groups is 1. The maximum atomic E-state index is 12.8. The lowest BCUT2D eigenvalue weighted by atomic mass is 10.1. The SMILES string of the molecule is O=C(NCC(c1cccs1)N1CCc2ccccc21)c1ccc2c(c1)OCO2. The van der Waals surface area contributed by atoms with Crippen LogP contribution in [0.2, 0.25) is 0 Å². The lowest BCUT2D eigenvalue weighted by Gasteiger charge is -2.30.